The van der Waals surface area contributed by atoms with Gasteiger partial charge in [0.2, 0.25) is 0 Å². The highest BCUT2D eigenvalue weighted by atomic mass is 16.5. The lowest BCUT2D eigenvalue weighted by Crippen LogP contribution is -2.50. The van der Waals surface area contributed by atoms with Crippen LogP contribution in [0.25, 0.3) is 0 Å². The summed E-state index contributed by atoms with van der Waals surface area (Å²) in [6, 6.07) is 12.1. The van der Waals surface area contributed by atoms with E-state index in [1.165, 1.54) is 0 Å². The van der Waals surface area contributed by atoms with Crippen LogP contribution in [0, 0.1) is 6.92 Å². The summed E-state index contributed by atoms with van der Waals surface area (Å²) >= 11 is 0. The molecule has 2 fully saturated rings. The Kier molecular flexibility index (Phi) is 4.78. The SMILES string of the molecule is Cc1cccc(OCC(=O)N2C3CCC2CC(Oc2cccnc2)C3)c1. The zero-order valence-corrected chi connectivity index (χ0v) is 15.0. The van der Waals surface area contributed by atoms with E-state index in [0.717, 1.165) is 42.7 Å². The van der Waals surface area contributed by atoms with Crippen LogP contribution >= 0.6 is 0 Å². The molecule has 0 N–H and O–H groups in total. The summed E-state index contributed by atoms with van der Waals surface area (Å²) in [5.74, 6) is 1.64. The van der Waals surface area contributed by atoms with Crippen molar-refractivity contribution in [1.82, 2.24) is 9.88 Å². The van der Waals surface area contributed by atoms with Crippen molar-refractivity contribution >= 4 is 5.91 Å². The van der Waals surface area contributed by atoms with Gasteiger partial charge in [-0.05, 0) is 49.6 Å². The van der Waals surface area contributed by atoms with E-state index in [4.69, 9.17) is 9.47 Å². The number of hydrogen-bond acceptors (Lipinski definition) is 4. The van der Waals surface area contributed by atoms with Gasteiger partial charge in [-0.15, -0.1) is 0 Å². The number of carbonyl (C=O) groups is 1. The van der Waals surface area contributed by atoms with Crippen LogP contribution in [0.15, 0.2) is 48.8 Å². The molecule has 5 heteroatoms. The molecule has 2 saturated heterocycles. The molecule has 0 aliphatic carbocycles. The topological polar surface area (TPSA) is 51.7 Å². The summed E-state index contributed by atoms with van der Waals surface area (Å²) in [7, 11) is 0. The average Bonchev–Trinajstić information content (AvgIpc) is 2.92. The minimum absolute atomic E-state index is 0.0823. The van der Waals surface area contributed by atoms with E-state index in [1.54, 1.807) is 12.4 Å². The van der Waals surface area contributed by atoms with Gasteiger partial charge in [-0.2, -0.15) is 0 Å². The van der Waals surface area contributed by atoms with Crippen LogP contribution in [0.4, 0.5) is 0 Å². The van der Waals surface area contributed by atoms with Crippen LogP contribution in [0.1, 0.15) is 31.2 Å². The minimum Gasteiger partial charge on any atom is -0.489 e. The molecule has 1 aromatic heterocycles. The summed E-state index contributed by atoms with van der Waals surface area (Å²) in [6.45, 7) is 2.12. The molecule has 136 valence electrons. The van der Waals surface area contributed by atoms with Gasteiger partial charge < -0.3 is 14.4 Å². The molecule has 2 atom stereocenters. The Morgan fingerprint density at radius 2 is 1.92 bits per heavy atom. The van der Waals surface area contributed by atoms with Gasteiger partial charge in [0.1, 0.15) is 17.6 Å². The van der Waals surface area contributed by atoms with Gasteiger partial charge in [0.05, 0.1) is 6.20 Å². The van der Waals surface area contributed by atoms with Gasteiger partial charge in [-0.1, -0.05) is 12.1 Å². The molecule has 5 nitrogen and oxygen atoms in total. The largest absolute Gasteiger partial charge is 0.489 e. The molecule has 0 radical (unpaired) electrons. The molecule has 1 amide bonds. The Balaban J connectivity index is 1.34. The fourth-order valence-corrected chi connectivity index (χ4v) is 4.16. The lowest BCUT2D eigenvalue weighted by molar-refractivity contribution is -0.139. The third-order valence-corrected chi connectivity index (χ3v) is 5.27. The minimum atomic E-state index is 0.0823. The number of nitrogens with zero attached hydrogens (tertiary/aromatic N) is 2. The Morgan fingerprint density at radius 1 is 1.15 bits per heavy atom. The van der Waals surface area contributed by atoms with Gasteiger partial charge >= 0.3 is 0 Å². The first-order valence-electron chi connectivity index (χ1n) is 9.26. The number of pyridine rings is 1. The monoisotopic (exact) mass is 352 g/mol. The average molecular weight is 352 g/mol. The second-order valence-electron chi connectivity index (χ2n) is 7.19. The number of aromatic nitrogens is 1. The van der Waals surface area contributed by atoms with E-state index in [1.807, 2.05) is 48.2 Å². The molecule has 0 saturated carbocycles. The summed E-state index contributed by atoms with van der Waals surface area (Å²) in [5, 5.41) is 0. The summed E-state index contributed by atoms with van der Waals surface area (Å²) in [6.07, 6.45) is 7.49. The molecular formula is C21H24N2O3. The number of amides is 1. The number of fused-ring (bicyclic) bond motifs is 2. The lowest BCUT2D eigenvalue weighted by Gasteiger charge is -2.38. The molecule has 1 aromatic carbocycles. The normalized spacial score (nSPS) is 24.3. The first-order valence-corrected chi connectivity index (χ1v) is 9.26. The molecule has 3 heterocycles. The summed E-state index contributed by atoms with van der Waals surface area (Å²) in [5.41, 5.74) is 1.13. The third kappa shape index (κ3) is 3.66. The van der Waals surface area contributed by atoms with E-state index in [-0.39, 0.29) is 30.7 Å². The Labute approximate surface area is 153 Å². The summed E-state index contributed by atoms with van der Waals surface area (Å²) < 4.78 is 11.8. The Hall–Kier alpha value is -2.56. The van der Waals surface area contributed by atoms with Crippen molar-refractivity contribution in [3.8, 4) is 11.5 Å². The smallest absolute Gasteiger partial charge is 0.261 e. The second-order valence-corrected chi connectivity index (χ2v) is 7.19. The van der Waals surface area contributed by atoms with Gasteiger partial charge in [-0.25, -0.2) is 0 Å². The van der Waals surface area contributed by atoms with Gasteiger partial charge in [0.15, 0.2) is 6.61 Å². The van der Waals surface area contributed by atoms with Crippen molar-refractivity contribution in [1.29, 1.82) is 0 Å². The number of benzene rings is 1. The first-order chi connectivity index (χ1) is 12.7. The lowest BCUT2D eigenvalue weighted by atomic mass is 9.99. The van der Waals surface area contributed by atoms with Crippen LogP contribution in [-0.4, -0.2) is 40.6 Å². The third-order valence-electron chi connectivity index (χ3n) is 5.27. The summed E-state index contributed by atoms with van der Waals surface area (Å²) in [4.78, 5) is 18.9. The first kappa shape index (κ1) is 16.9. The fraction of sp³-hybridized carbons (Fsp3) is 0.429. The Morgan fingerprint density at radius 3 is 2.62 bits per heavy atom. The van der Waals surface area contributed by atoms with Crippen LogP contribution < -0.4 is 9.47 Å². The molecule has 2 bridgehead atoms. The maximum absolute atomic E-state index is 12.7. The van der Waals surface area contributed by atoms with Crippen LogP contribution in [0.2, 0.25) is 0 Å². The predicted molar refractivity (Wildman–Crippen MR) is 98.2 cm³/mol. The highest BCUT2D eigenvalue weighted by Crippen LogP contribution is 2.37. The zero-order chi connectivity index (χ0) is 17.9. The molecule has 4 rings (SSSR count). The van der Waals surface area contributed by atoms with E-state index >= 15 is 0 Å². The number of hydrogen-bond donors (Lipinski definition) is 0. The standard InChI is InChI=1S/C21H24N2O3/c1-15-4-2-5-18(10-15)25-14-21(24)23-16-7-8-17(23)12-20(11-16)26-19-6-3-9-22-13-19/h2-6,9-10,13,16-17,20H,7-8,11-12,14H2,1H3. The van der Waals surface area contributed by atoms with E-state index < -0.39 is 0 Å². The van der Waals surface area contributed by atoms with Crippen molar-refractivity contribution in [3.63, 3.8) is 0 Å². The van der Waals surface area contributed by atoms with E-state index in [0.29, 0.717) is 0 Å². The van der Waals surface area contributed by atoms with Gasteiger partial charge in [0.25, 0.3) is 5.91 Å². The highest BCUT2D eigenvalue weighted by Gasteiger charge is 2.44. The van der Waals surface area contributed by atoms with Crippen molar-refractivity contribution in [2.45, 2.75) is 50.8 Å². The molecular weight excluding hydrogens is 328 g/mol. The van der Waals surface area contributed by atoms with Crippen LogP contribution in [0.3, 0.4) is 0 Å². The molecule has 2 unspecified atom stereocenters. The number of rotatable bonds is 5. The van der Waals surface area contributed by atoms with Crippen molar-refractivity contribution in [2.75, 3.05) is 6.61 Å². The predicted octanol–water partition coefficient (Wildman–Crippen LogP) is 3.37. The fourth-order valence-electron chi connectivity index (χ4n) is 4.16. The van der Waals surface area contributed by atoms with E-state index in [9.17, 15) is 4.79 Å². The maximum atomic E-state index is 12.7. The molecule has 0 spiro atoms. The van der Waals surface area contributed by atoms with Crippen molar-refractivity contribution in [3.05, 3.63) is 54.4 Å². The maximum Gasteiger partial charge on any atom is 0.261 e. The van der Waals surface area contributed by atoms with Crippen LogP contribution in [-0.2, 0) is 4.79 Å². The van der Waals surface area contributed by atoms with E-state index in [2.05, 4.69) is 4.98 Å². The van der Waals surface area contributed by atoms with Gasteiger partial charge in [0, 0.05) is 31.1 Å². The van der Waals surface area contributed by atoms with Crippen LogP contribution in [0.5, 0.6) is 11.5 Å². The molecule has 2 aliphatic rings. The number of aryl methyl sites for hydroxylation is 1. The molecule has 2 aromatic rings. The number of carbonyl (C=O) groups excluding carboxylic acids is 1. The zero-order valence-electron chi connectivity index (χ0n) is 15.0. The number of ether oxygens (including phenoxy) is 2. The second kappa shape index (κ2) is 7.36. The van der Waals surface area contributed by atoms with Crippen molar-refractivity contribution in [2.24, 2.45) is 0 Å². The molecule has 2 aliphatic heterocycles. The molecule has 26 heavy (non-hydrogen) atoms. The van der Waals surface area contributed by atoms with Gasteiger partial charge in [-0.3, -0.25) is 9.78 Å². The Bertz CT molecular complexity index is 751. The highest BCUT2D eigenvalue weighted by molar-refractivity contribution is 5.79. The van der Waals surface area contributed by atoms with Crippen molar-refractivity contribution < 1.29 is 14.3 Å². The number of piperidine rings is 1. The quantitative estimate of drug-likeness (QED) is 0.828.